The molecule has 2 rings (SSSR count). The van der Waals surface area contributed by atoms with E-state index >= 15 is 0 Å². The van der Waals surface area contributed by atoms with Crippen LogP contribution in [0.4, 0.5) is 5.82 Å². The molecule has 0 saturated heterocycles. The molecule has 1 N–H and O–H groups in total. The van der Waals surface area contributed by atoms with Crippen LogP contribution >= 0.6 is 27.5 Å². The van der Waals surface area contributed by atoms with E-state index in [4.69, 9.17) is 11.6 Å². The molecule has 0 aliphatic heterocycles. The van der Waals surface area contributed by atoms with E-state index in [9.17, 15) is 0 Å². The molecule has 0 bridgehead atoms. The fourth-order valence-corrected chi connectivity index (χ4v) is 2.54. The summed E-state index contributed by atoms with van der Waals surface area (Å²) in [6.45, 7) is 1.83. The molecule has 1 aromatic heterocycles. The Morgan fingerprint density at radius 2 is 2.11 bits per heavy atom. The molecule has 18 heavy (non-hydrogen) atoms. The Hall–Kier alpha value is -0.840. The molecule has 5 heteroatoms. The molecule has 2 aromatic rings. The zero-order valence-corrected chi connectivity index (χ0v) is 12.7. The maximum Gasteiger partial charge on any atom is 0.126 e. The summed E-state index contributed by atoms with van der Waals surface area (Å²) >= 11 is 9.62. The fourth-order valence-electron chi connectivity index (χ4n) is 1.66. The molecule has 0 unspecified atom stereocenters. The molecule has 0 saturated carbocycles. The van der Waals surface area contributed by atoms with Crippen molar-refractivity contribution in [2.45, 2.75) is 0 Å². The van der Waals surface area contributed by atoms with Gasteiger partial charge in [-0.1, -0.05) is 27.5 Å². The molecule has 0 amide bonds. The van der Waals surface area contributed by atoms with Crippen molar-refractivity contribution in [1.29, 1.82) is 0 Å². The number of likely N-dealkylation sites (N-methyl/N-ethyl adjacent to an activating group) is 1. The highest BCUT2D eigenvalue weighted by atomic mass is 79.9. The summed E-state index contributed by atoms with van der Waals surface area (Å²) in [5.41, 5.74) is 0.828. The second-order valence-electron chi connectivity index (χ2n) is 4.39. The van der Waals surface area contributed by atoms with E-state index in [2.05, 4.69) is 31.1 Å². The van der Waals surface area contributed by atoms with Gasteiger partial charge in [-0.15, -0.1) is 0 Å². The van der Waals surface area contributed by atoms with Gasteiger partial charge in [-0.25, -0.2) is 4.98 Å². The van der Waals surface area contributed by atoms with Crippen molar-refractivity contribution >= 4 is 44.3 Å². The van der Waals surface area contributed by atoms with E-state index in [0.29, 0.717) is 5.02 Å². The van der Waals surface area contributed by atoms with Crippen molar-refractivity contribution in [2.24, 2.45) is 0 Å². The second kappa shape index (κ2) is 5.87. The number of rotatable bonds is 4. The third kappa shape index (κ3) is 3.34. The minimum atomic E-state index is 0.663. The highest BCUT2D eigenvalue weighted by Crippen LogP contribution is 2.27. The number of hydrogen-bond donors (Lipinski definition) is 1. The third-order valence-electron chi connectivity index (χ3n) is 2.58. The molecule has 96 valence electrons. The van der Waals surface area contributed by atoms with Crippen molar-refractivity contribution in [2.75, 3.05) is 32.5 Å². The summed E-state index contributed by atoms with van der Waals surface area (Å²) in [6.07, 6.45) is 0. The molecule has 1 heterocycles. The Kier molecular flexibility index (Phi) is 4.43. The lowest BCUT2D eigenvalue weighted by Crippen LogP contribution is -2.21. The summed E-state index contributed by atoms with van der Waals surface area (Å²) in [7, 11) is 4.09. The average Bonchev–Trinajstić information content (AvgIpc) is 2.29. The van der Waals surface area contributed by atoms with Crippen molar-refractivity contribution < 1.29 is 0 Å². The maximum atomic E-state index is 6.19. The van der Waals surface area contributed by atoms with Gasteiger partial charge >= 0.3 is 0 Å². The first-order valence-electron chi connectivity index (χ1n) is 5.70. The van der Waals surface area contributed by atoms with Crippen LogP contribution in [0, 0.1) is 0 Å². The summed E-state index contributed by atoms with van der Waals surface area (Å²) in [6, 6.07) is 7.87. The predicted octanol–water partition coefficient (Wildman–Crippen LogP) is 3.62. The first kappa shape index (κ1) is 13.6. The molecule has 0 aliphatic rings. The van der Waals surface area contributed by atoms with Gasteiger partial charge in [-0.3, -0.25) is 0 Å². The number of anilines is 1. The van der Waals surface area contributed by atoms with Crippen molar-refractivity contribution in [3.05, 3.63) is 33.8 Å². The van der Waals surface area contributed by atoms with Gasteiger partial charge in [-0.2, -0.15) is 0 Å². The second-order valence-corrected chi connectivity index (χ2v) is 5.71. The molecule has 0 spiro atoms. The normalized spacial score (nSPS) is 11.2. The van der Waals surface area contributed by atoms with Gasteiger partial charge in [-0.05, 0) is 38.4 Å². The van der Waals surface area contributed by atoms with E-state index in [1.807, 2.05) is 38.4 Å². The summed E-state index contributed by atoms with van der Waals surface area (Å²) in [5, 5.41) is 4.98. The SMILES string of the molecule is CN(C)CCNc1ccc2cc(Br)cc(Cl)c2n1. The van der Waals surface area contributed by atoms with E-state index in [1.54, 1.807) is 0 Å². The Labute approximate surface area is 120 Å². The third-order valence-corrected chi connectivity index (χ3v) is 3.32. The molecular weight excluding hydrogens is 314 g/mol. The Bertz CT molecular complexity index is 557. The number of nitrogens with one attached hydrogen (secondary N) is 1. The summed E-state index contributed by atoms with van der Waals surface area (Å²) in [5.74, 6) is 0.855. The predicted molar refractivity (Wildman–Crippen MR) is 81.5 cm³/mol. The van der Waals surface area contributed by atoms with Gasteiger partial charge in [0.2, 0.25) is 0 Å². The molecule has 0 atom stereocenters. The van der Waals surface area contributed by atoms with Crippen LogP contribution in [0.25, 0.3) is 10.9 Å². The van der Waals surface area contributed by atoms with Crippen LogP contribution in [0.3, 0.4) is 0 Å². The van der Waals surface area contributed by atoms with Crippen LogP contribution in [0.2, 0.25) is 5.02 Å². The molecule has 0 radical (unpaired) electrons. The van der Waals surface area contributed by atoms with Crippen LogP contribution in [-0.2, 0) is 0 Å². The number of hydrogen-bond acceptors (Lipinski definition) is 3. The number of pyridine rings is 1. The molecule has 0 fully saturated rings. The van der Waals surface area contributed by atoms with Crippen molar-refractivity contribution in [3.63, 3.8) is 0 Å². The standard InChI is InChI=1S/C13H15BrClN3/c1-18(2)6-5-16-12-4-3-9-7-10(14)8-11(15)13(9)17-12/h3-4,7-8H,5-6H2,1-2H3,(H,16,17). The number of nitrogens with zero attached hydrogens (tertiary/aromatic N) is 2. The highest BCUT2D eigenvalue weighted by molar-refractivity contribution is 9.10. The highest BCUT2D eigenvalue weighted by Gasteiger charge is 2.04. The summed E-state index contributed by atoms with van der Waals surface area (Å²) in [4.78, 5) is 6.65. The quantitative estimate of drug-likeness (QED) is 0.929. The lowest BCUT2D eigenvalue weighted by Gasteiger charge is -2.11. The Morgan fingerprint density at radius 3 is 2.83 bits per heavy atom. The van der Waals surface area contributed by atoms with Gasteiger partial charge in [0.25, 0.3) is 0 Å². The first-order valence-corrected chi connectivity index (χ1v) is 6.88. The van der Waals surface area contributed by atoms with Gasteiger partial charge in [0.15, 0.2) is 0 Å². The van der Waals surface area contributed by atoms with Crippen LogP contribution in [0.1, 0.15) is 0 Å². The van der Waals surface area contributed by atoms with Gasteiger partial charge in [0.05, 0.1) is 10.5 Å². The largest absolute Gasteiger partial charge is 0.369 e. The topological polar surface area (TPSA) is 28.2 Å². The number of fused-ring (bicyclic) bond motifs is 1. The fraction of sp³-hybridized carbons (Fsp3) is 0.308. The zero-order valence-electron chi connectivity index (χ0n) is 10.4. The van der Waals surface area contributed by atoms with Crippen LogP contribution in [0.15, 0.2) is 28.7 Å². The molecular formula is C13H15BrClN3. The number of benzene rings is 1. The molecule has 0 aliphatic carbocycles. The Morgan fingerprint density at radius 1 is 1.33 bits per heavy atom. The van der Waals surface area contributed by atoms with Crippen molar-refractivity contribution in [1.82, 2.24) is 9.88 Å². The van der Waals surface area contributed by atoms with Crippen LogP contribution in [0.5, 0.6) is 0 Å². The number of aromatic nitrogens is 1. The Balaban J connectivity index is 2.22. The lowest BCUT2D eigenvalue weighted by molar-refractivity contribution is 0.425. The maximum absolute atomic E-state index is 6.19. The van der Waals surface area contributed by atoms with Crippen LogP contribution < -0.4 is 5.32 Å². The smallest absolute Gasteiger partial charge is 0.126 e. The van der Waals surface area contributed by atoms with Crippen molar-refractivity contribution in [3.8, 4) is 0 Å². The van der Waals surface area contributed by atoms with E-state index in [-0.39, 0.29) is 0 Å². The lowest BCUT2D eigenvalue weighted by atomic mass is 10.2. The molecule has 3 nitrogen and oxygen atoms in total. The first-order chi connectivity index (χ1) is 8.56. The van der Waals surface area contributed by atoms with Gasteiger partial charge < -0.3 is 10.2 Å². The van der Waals surface area contributed by atoms with E-state index in [1.165, 1.54) is 0 Å². The monoisotopic (exact) mass is 327 g/mol. The van der Waals surface area contributed by atoms with Gasteiger partial charge in [0, 0.05) is 22.9 Å². The van der Waals surface area contributed by atoms with E-state index < -0.39 is 0 Å². The molecule has 1 aromatic carbocycles. The summed E-state index contributed by atoms with van der Waals surface area (Å²) < 4.78 is 0.968. The van der Waals surface area contributed by atoms with E-state index in [0.717, 1.165) is 34.3 Å². The minimum absolute atomic E-state index is 0.663. The van der Waals surface area contributed by atoms with Gasteiger partial charge in [0.1, 0.15) is 5.82 Å². The van der Waals surface area contributed by atoms with Crippen LogP contribution in [-0.4, -0.2) is 37.1 Å². The average molecular weight is 329 g/mol. The minimum Gasteiger partial charge on any atom is -0.369 e. The number of halogens is 2. The zero-order chi connectivity index (χ0) is 13.1.